The second-order valence-electron chi connectivity index (χ2n) is 3.56. The first-order valence-electron chi connectivity index (χ1n) is 4.51. The zero-order chi connectivity index (χ0) is 9.84. The van der Waals surface area contributed by atoms with Crippen LogP contribution in [-0.4, -0.2) is 0 Å². The summed E-state index contributed by atoms with van der Waals surface area (Å²) in [4.78, 5) is 0. The van der Waals surface area contributed by atoms with Crippen LogP contribution >= 0.6 is 0 Å². The molecule has 0 unspecified atom stereocenters. The number of rotatable bonds is 1. The maximum Gasteiger partial charge on any atom is -0.0161 e. The maximum absolute atomic E-state index is 4.00. The van der Waals surface area contributed by atoms with Crippen molar-refractivity contribution < 1.29 is 0 Å². The molecule has 0 heteroatoms. The third-order valence-corrected chi connectivity index (χ3v) is 1.95. The van der Waals surface area contributed by atoms with E-state index in [1.807, 2.05) is 18.2 Å². The first-order chi connectivity index (χ1) is 6.11. The summed E-state index contributed by atoms with van der Waals surface area (Å²) >= 11 is 0. The molecular weight excluding hydrogens is 156 g/mol. The van der Waals surface area contributed by atoms with Crippen molar-refractivity contribution in [2.24, 2.45) is 0 Å². The lowest BCUT2D eigenvalue weighted by molar-refractivity contribution is 1.38. The van der Waals surface area contributed by atoms with Gasteiger partial charge >= 0.3 is 0 Å². The molecule has 1 aromatic carbocycles. The van der Waals surface area contributed by atoms with Crippen LogP contribution in [-0.2, 0) is 0 Å². The highest BCUT2D eigenvalue weighted by atomic mass is 13.9. The molecule has 0 amide bonds. The summed E-state index contributed by atoms with van der Waals surface area (Å²) in [5.41, 5.74) is 2.60. The van der Waals surface area contributed by atoms with Gasteiger partial charge in [-0.3, -0.25) is 0 Å². The third kappa shape index (κ3) is 2.59. The lowest BCUT2D eigenvalue weighted by atomic mass is 10.1. The van der Waals surface area contributed by atoms with Gasteiger partial charge in [-0.1, -0.05) is 42.5 Å². The minimum Gasteiger partial charge on any atom is -0.0912 e. The average Bonchev–Trinajstić information content (AvgIpc) is 2.03. The fraction of sp³-hybridized carbons (Fsp3) is 0.231. The molecule has 0 aliphatic rings. The molecule has 13 heavy (non-hydrogen) atoms. The zero-order valence-corrected chi connectivity index (χ0v) is 8.59. The quantitative estimate of drug-likeness (QED) is 0.609. The van der Waals surface area contributed by atoms with E-state index < -0.39 is 0 Å². The van der Waals surface area contributed by atoms with Crippen molar-refractivity contribution in [3.63, 3.8) is 0 Å². The van der Waals surface area contributed by atoms with E-state index in [4.69, 9.17) is 0 Å². The number of benzene rings is 1. The molecule has 0 nitrogen and oxygen atoms in total. The van der Waals surface area contributed by atoms with Crippen molar-refractivity contribution in [2.45, 2.75) is 20.8 Å². The molecule has 0 atom stereocenters. The summed E-state index contributed by atoms with van der Waals surface area (Å²) in [6.07, 6.45) is 2.18. The van der Waals surface area contributed by atoms with E-state index in [0.717, 1.165) is 5.22 Å². The Balaban J connectivity index is 3.43. The highest BCUT2D eigenvalue weighted by Gasteiger charge is 1.87. The Bertz CT molecular complexity index is 418. The molecule has 0 spiro atoms. The molecule has 0 heterocycles. The molecule has 0 aromatic heterocycles. The van der Waals surface area contributed by atoms with E-state index in [-0.39, 0.29) is 0 Å². The van der Waals surface area contributed by atoms with Gasteiger partial charge in [-0.15, -0.1) is 0 Å². The van der Waals surface area contributed by atoms with Crippen molar-refractivity contribution in [2.75, 3.05) is 0 Å². The van der Waals surface area contributed by atoms with E-state index in [2.05, 4.69) is 39.5 Å². The van der Waals surface area contributed by atoms with Crippen LogP contribution in [0.15, 0.2) is 35.9 Å². The molecule has 0 saturated heterocycles. The van der Waals surface area contributed by atoms with Gasteiger partial charge in [0.05, 0.1) is 0 Å². The molecule has 0 saturated carbocycles. The highest BCUT2D eigenvalue weighted by Crippen LogP contribution is 1.98. The van der Waals surface area contributed by atoms with Gasteiger partial charge in [0.25, 0.3) is 0 Å². The topological polar surface area (TPSA) is 0 Å². The third-order valence-electron chi connectivity index (χ3n) is 1.95. The first kappa shape index (κ1) is 9.79. The van der Waals surface area contributed by atoms with Gasteiger partial charge in [-0.2, -0.15) is 0 Å². The molecular formula is C13H16. The largest absolute Gasteiger partial charge is 0.0912 e. The molecule has 1 aromatic rings. The van der Waals surface area contributed by atoms with Gasteiger partial charge in [-0.05, 0) is 36.8 Å². The molecule has 0 radical (unpaired) electrons. The van der Waals surface area contributed by atoms with E-state index in [1.54, 1.807) is 0 Å². The summed E-state index contributed by atoms with van der Waals surface area (Å²) < 4.78 is 0. The van der Waals surface area contributed by atoms with Crippen molar-refractivity contribution in [3.05, 3.63) is 46.4 Å². The molecule has 0 bridgehead atoms. The summed E-state index contributed by atoms with van der Waals surface area (Å²) in [5.74, 6) is 0. The Morgan fingerprint density at radius 3 is 2.31 bits per heavy atom. The second-order valence-corrected chi connectivity index (χ2v) is 3.56. The van der Waals surface area contributed by atoms with Crippen LogP contribution in [0.1, 0.15) is 20.8 Å². The molecule has 0 fully saturated rings. The normalized spacial score (nSPS) is 12.2. The maximum atomic E-state index is 4.00. The number of hydrogen-bond acceptors (Lipinski definition) is 0. The highest BCUT2D eigenvalue weighted by molar-refractivity contribution is 5.55. The SMILES string of the molecule is C=c1cccc/c1=C(\C)C=C(C)C. The molecule has 1 rings (SSSR count). The summed E-state index contributed by atoms with van der Waals surface area (Å²) in [6.45, 7) is 10.3. The van der Waals surface area contributed by atoms with Gasteiger partial charge in [0.15, 0.2) is 0 Å². The Hall–Kier alpha value is -1.30. The van der Waals surface area contributed by atoms with Crippen molar-refractivity contribution in [1.82, 2.24) is 0 Å². The summed E-state index contributed by atoms with van der Waals surface area (Å²) in [5, 5.41) is 2.33. The van der Waals surface area contributed by atoms with E-state index >= 15 is 0 Å². The van der Waals surface area contributed by atoms with E-state index in [9.17, 15) is 0 Å². The molecule has 0 aliphatic heterocycles. The predicted octanol–water partition coefficient (Wildman–Crippen LogP) is 2.23. The van der Waals surface area contributed by atoms with Crippen molar-refractivity contribution >= 4 is 12.2 Å². The van der Waals surface area contributed by atoms with Crippen LogP contribution in [0.25, 0.3) is 12.2 Å². The fourth-order valence-electron chi connectivity index (χ4n) is 1.42. The standard InChI is InChI=1S/C13H16/c1-10(2)9-12(4)13-8-6-5-7-11(13)3/h5-9H,3H2,1-2,4H3/b13-12-. The summed E-state index contributed by atoms with van der Waals surface area (Å²) in [6, 6.07) is 8.21. The Morgan fingerprint density at radius 1 is 1.15 bits per heavy atom. The number of hydrogen-bond donors (Lipinski definition) is 0. The monoisotopic (exact) mass is 172 g/mol. The van der Waals surface area contributed by atoms with Gasteiger partial charge in [0, 0.05) is 0 Å². The molecule has 0 N–H and O–H groups in total. The average molecular weight is 172 g/mol. The van der Waals surface area contributed by atoms with Gasteiger partial charge in [0.1, 0.15) is 0 Å². The van der Waals surface area contributed by atoms with Crippen LogP contribution in [0, 0.1) is 0 Å². The molecule has 0 aliphatic carbocycles. The Labute approximate surface area is 79.9 Å². The van der Waals surface area contributed by atoms with Gasteiger partial charge < -0.3 is 0 Å². The van der Waals surface area contributed by atoms with Gasteiger partial charge in [0.2, 0.25) is 0 Å². The number of allylic oxidation sites excluding steroid dienone is 2. The van der Waals surface area contributed by atoms with Crippen LogP contribution in [0.5, 0.6) is 0 Å². The Kier molecular flexibility index (Phi) is 3.07. The van der Waals surface area contributed by atoms with Crippen molar-refractivity contribution in [3.8, 4) is 0 Å². The van der Waals surface area contributed by atoms with E-state index in [1.165, 1.54) is 16.4 Å². The minimum absolute atomic E-state index is 1.09. The Morgan fingerprint density at radius 2 is 1.77 bits per heavy atom. The minimum atomic E-state index is 1.09. The lowest BCUT2D eigenvalue weighted by Crippen LogP contribution is -2.23. The second kappa shape index (κ2) is 4.08. The predicted molar refractivity (Wildman–Crippen MR) is 59.7 cm³/mol. The van der Waals surface area contributed by atoms with Crippen LogP contribution in [0.3, 0.4) is 0 Å². The summed E-state index contributed by atoms with van der Waals surface area (Å²) in [7, 11) is 0. The van der Waals surface area contributed by atoms with Crippen molar-refractivity contribution in [1.29, 1.82) is 0 Å². The van der Waals surface area contributed by atoms with Crippen LogP contribution in [0.2, 0.25) is 0 Å². The van der Waals surface area contributed by atoms with Crippen LogP contribution < -0.4 is 10.4 Å². The smallest absolute Gasteiger partial charge is 0.0161 e. The van der Waals surface area contributed by atoms with E-state index in [0.29, 0.717) is 0 Å². The zero-order valence-electron chi connectivity index (χ0n) is 8.59. The van der Waals surface area contributed by atoms with Crippen LogP contribution in [0.4, 0.5) is 0 Å². The lowest BCUT2D eigenvalue weighted by Gasteiger charge is -1.95. The fourth-order valence-corrected chi connectivity index (χ4v) is 1.42. The molecule has 68 valence electrons. The van der Waals surface area contributed by atoms with Gasteiger partial charge in [-0.25, -0.2) is 0 Å². The first-order valence-corrected chi connectivity index (χ1v) is 4.51.